The average molecular weight is 399 g/mol. The number of carbonyl (C=O) groups excluding carboxylic acids is 1. The van der Waals surface area contributed by atoms with Crippen LogP contribution in [0.4, 0.5) is 0 Å². The smallest absolute Gasteiger partial charge is 0.136 e. The van der Waals surface area contributed by atoms with Crippen LogP contribution in [0.15, 0.2) is 61.2 Å². The maximum Gasteiger partial charge on any atom is 0.136 e. The summed E-state index contributed by atoms with van der Waals surface area (Å²) in [7, 11) is 0. The van der Waals surface area contributed by atoms with Crippen LogP contribution < -0.4 is 0 Å². The molecule has 4 aromatic rings. The van der Waals surface area contributed by atoms with Crippen molar-refractivity contribution in [2.75, 3.05) is 0 Å². The molecule has 0 N–H and O–H groups in total. The lowest BCUT2D eigenvalue weighted by Crippen LogP contribution is -2.10. The van der Waals surface area contributed by atoms with E-state index in [1.54, 1.807) is 0 Å². The SMILES string of the molecule is CCC(=O)C[C@H]1CC[C@@H](n2nncc2-c2ccc(-c3ccc4nccn4c3)cc2)C1. The number of benzene rings is 1. The third-order valence-electron chi connectivity index (χ3n) is 6.25. The molecule has 30 heavy (non-hydrogen) atoms. The fourth-order valence-electron chi connectivity index (χ4n) is 4.57. The van der Waals surface area contributed by atoms with Crippen molar-refractivity contribution in [2.45, 2.75) is 45.1 Å². The third kappa shape index (κ3) is 3.54. The van der Waals surface area contributed by atoms with Crippen molar-refractivity contribution < 1.29 is 4.79 Å². The van der Waals surface area contributed by atoms with Gasteiger partial charge in [0.1, 0.15) is 11.4 Å². The number of fused-ring (bicyclic) bond motifs is 1. The summed E-state index contributed by atoms with van der Waals surface area (Å²) in [5.74, 6) is 0.837. The Morgan fingerprint density at radius 1 is 1.07 bits per heavy atom. The van der Waals surface area contributed by atoms with Crippen LogP contribution in [0, 0.1) is 5.92 Å². The van der Waals surface area contributed by atoms with Crippen LogP contribution in [0.3, 0.4) is 0 Å². The number of hydrogen-bond acceptors (Lipinski definition) is 4. The van der Waals surface area contributed by atoms with Crippen LogP contribution in [-0.4, -0.2) is 30.2 Å². The molecule has 0 bridgehead atoms. The maximum atomic E-state index is 11.8. The lowest BCUT2D eigenvalue weighted by Gasteiger charge is -2.14. The molecule has 5 rings (SSSR count). The van der Waals surface area contributed by atoms with Crippen molar-refractivity contribution >= 4 is 11.4 Å². The molecular weight excluding hydrogens is 374 g/mol. The van der Waals surface area contributed by atoms with E-state index in [1.165, 1.54) is 0 Å². The van der Waals surface area contributed by atoms with E-state index in [-0.39, 0.29) is 0 Å². The minimum Gasteiger partial charge on any atom is -0.306 e. The Morgan fingerprint density at radius 2 is 1.87 bits per heavy atom. The summed E-state index contributed by atoms with van der Waals surface area (Å²) in [6.45, 7) is 1.95. The molecule has 152 valence electrons. The van der Waals surface area contributed by atoms with Gasteiger partial charge in [-0.1, -0.05) is 36.4 Å². The molecule has 0 aliphatic heterocycles. The molecular formula is C24H25N5O. The summed E-state index contributed by atoms with van der Waals surface area (Å²) in [6, 6.07) is 13.0. The van der Waals surface area contributed by atoms with E-state index in [1.807, 2.05) is 36.0 Å². The highest BCUT2D eigenvalue weighted by Gasteiger charge is 2.29. The highest BCUT2D eigenvalue weighted by molar-refractivity contribution is 5.78. The van der Waals surface area contributed by atoms with E-state index < -0.39 is 0 Å². The predicted molar refractivity (Wildman–Crippen MR) is 116 cm³/mol. The van der Waals surface area contributed by atoms with Gasteiger partial charge in [-0.05, 0) is 48.4 Å². The molecule has 3 heterocycles. The molecule has 0 amide bonds. The monoisotopic (exact) mass is 399 g/mol. The molecule has 0 radical (unpaired) electrons. The molecule has 1 aliphatic carbocycles. The second kappa shape index (κ2) is 7.86. The highest BCUT2D eigenvalue weighted by Crippen LogP contribution is 2.38. The second-order valence-corrected chi connectivity index (χ2v) is 8.18. The summed E-state index contributed by atoms with van der Waals surface area (Å²) in [5.41, 5.74) is 5.41. The summed E-state index contributed by atoms with van der Waals surface area (Å²) in [5, 5.41) is 8.58. The molecule has 1 aliphatic rings. The zero-order valence-electron chi connectivity index (χ0n) is 17.1. The number of pyridine rings is 1. The highest BCUT2D eigenvalue weighted by atomic mass is 16.1. The minimum absolute atomic E-state index is 0.320. The number of Topliss-reactive ketones (excluding diaryl/α,β-unsaturated/α-hetero) is 1. The van der Waals surface area contributed by atoms with E-state index in [4.69, 9.17) is 0 Å². The van der Waals surface area contributed by atoms with Gasteiger partial charge in [-0.15, -0.1) is 5.10 Å². The lowest BCUT2D eigenvalue weighted by molar-refractivity contribution is -0.119. The summed E-state index contributed by atoms with van der Waals surface area (Å²) < 4.78 is 4.09. The van der Waals surface area contributed by atoms with Crippen LogP contribution in [0.5, 0.6) is 0 Å². The van der Waals surface area contributed by atoms with Gasteiger partial charge in [0.05, 0.1) is 17.9 Å². The molecule has 6 nitrogen and oxygen atoms in total. The molecule has 6 heteroatoms. The van der Waals surface area contributed by atoms with Crippen molar-refractivity contribution in [1.29, 1.82) is 0 Å². The third-order valence-corrected chi connectivity index (χ3v) is 6.25. The van der Waals surface area contributed by atoms with E-state index in [0.717, 1.165) is 47.3 Å². The standard InChI is InChI=1S/C24H25N5O/c1-2-22(30)14-17-3-9-21(13-17)29-23(15-26-27-29)19-6-4-18(5-7-19)20-8-10-24-25-11-12-28(24)16-20/h4-8,10-12,15-17,21H,2-3,9,13-14H2,1H3/t17-,21+/m0/s1. The fraction of sp³-hybridized carbons (Fsp3) is 0.333. The van der Waals surface area contributed by atoms with Crippen molar-refractivity contribution in [3.63, 3.8) is 0 Å². The number of ketones is 1. The van der Waals surface area contributed by atoms with Gasteiger partial charge in [0, 0.05) is 37.0 Å². The zero-order valence-corrected chi connectivity index (χ0v) is 17.1. The van der Waals surface area contributed by atoms with Crippen LogP contribution in [0.2, 0.25) is 0 Å². The molecule has 0 spiro atoms. The summed E-state index contributed by atoms with van der Waals surface area (Å²) in [4.78, 5) is 16.1. The van der Waals surface area contributed by atoms with Gasteiger partial charge in [0.15, 0.2) is 0 Å². The Bertz CT molecular complexity index is 1170. The Morgan fingerprint density at radius 3 is 2.70 bits per heavy atom. The number of hydrogen-bond donors (Lipinski definition) is 0. The summed E-state index contributed by atoms with van der Waals surface area (Å²) in [6.07, 6.45) is 12.2. The van der Waals surface area contributed by atoms with Gasteiger partial charge >= 0.3 is 0 Å². The fourth-order valence-corrected chi connectivity index (χ4v) is 4.57. The quantitative estimate of drug-likeness (QED) is 0.459. The van der Waals surface area contributed by atoms with Crippen molar-refractivity contribution in [3.8, 4) is 22.4 Å². The van der Waals surface area contributed by atoms with Gasteiger partial charge in [-0.25, -0.2) is 9.67 Å². The van der Waals surface area contributed by atoms with Crippen LogP contribution in [0.1, 0.15) is 45.1 Å². The first-order valence-electron chi connectivity index (χ1n) is 10.7. The minimum atomic E-state index is 0.320. The van der Waals surface area contributed by atoms with Crippen LogP contribution in [0.25, 0.3) is 28.0 Å². The van der Waals surface area contributed by atoms with E-state index in [9.17, 15) is 4.79 Å². The first-order chi connectivity index (χ1) is 14.7. The second-order valence-electron chi connectivity index (χ2n) is 8.18. The van der Waals surface area contributed by atoms with Crippen LogP contribution in [-0.2, 0) is 4.79 Å². The molecule has 1 saturated carbocycles. The Labute approximate surface area is 175 Å². The van der Waals surface area contributed by atoms with Gasteiger partial charge < -0.3 is 4.40 Å². The van der Waals surface area contributed by atoms with E-state index in [0.29, 0.717) is 30.6 Å². The number of aromatic nitrogens is 5. The largest absolute Gasteiger partial charge is 0.306 e. The van der Waals surface area contributed by atoms with Gasteiger partial charge in [-0.3, -0.25) is 4.79 Å². The maximum absolute atomic E-state index is 11.8. The Balaban J connectivity index is 1.36. The first-order valence-corrected chi connectivity index (χ1v) is 10.7. The number of nitrogens with zero attached hydrogens (tertiary/aromatic N) is 5. The van der Waals surface area contributed by atoms with E-state index in [2.05, 4.69) is 56.5 Å². The molecule has 2 atom stereocenters. The molecule has 1 aromatic carbocycles. The molecule has 3 aromatic heterocycles. The normalized spacial score (nSPS) is 18.8. The van der Waals surface area contributed by atoms with Crippen molar-refractivity contribution in [3.05, 3.63) is 61.2 Å². The lowest BCUT2D eigenvalue weighted by atomic mass is 9.99. The van der Waals surface area contributed by atoms with Gasteiger partial charge in [0.2, 0.25) is 0 Å². The number of imidazole rings is 1. The predicted octanol–water partition coefficient (Wildman–Crippen LogP) is 4.97. The molecule has 0 saturated heterocycles. The van der Waals surface area contributed by atoms with Gasteiger partial charge in [0.25, 0.3) is 0 Å². The van der Waals surface area contributed by atoms with E-state index >= 15 is 0 Å². The van der Waals surface area contributed by atoms with Gasteiger partial charge in [-0.2, -0.15) is 0 Å². The summed E-state index contributed by atoms with van der Waals surface area (Å²) >= 11 is 0. The van der Waals surface area contributed by atoms with Crippen molar-refractivity contribution in [2.24, 2.45) is 5.92 Å². The Kier molecular flexibility index (Phi) is 4.91. The van der Waals surface area contributed by atoms with Crippen molar-refractivity contribution in [1.82, 2.24) is 24.4 Å². The number of carbonyl (C=O) groups is 1. The molecule has 1 fully saturated rings. The zero-order chi connectivity index (χ0) is 20.5. The average Bonchev–Trinajstić information content (AvgIpc) is 3.53. The number of rotatable bonds is 6. The topological polar surface area (TPSA) is 65.1 Å². The van der Waals surface area contributed by atoms with Crippen LogP contribution >= 0.6 is 0 Å². The molecule has 0 unspecified atom stereocenters. The Hall–Kier alpha value is -3.28. The first kappa shape index (κ1) is 18.7.